The van der Waals surface area contributed by atoms with Crippen LogP contribution in [0.25, 0.3) is 10.8 Å². The Hall–Kier alpha value is -1.14. The number of ether oxygens (including phenoxy) is 1. The van der Waals surface area contributed by atoms with E-state index in [1.165, 1.54) is 55.1 Å². The van der Waals surface area contributed by atoms with Gasteiger partial charge in [0, 0.05) is 12.3 Å². The molecule has 1 unspecified atom stereocenters. The number of halogens is 1. The first-order chi connectivity index (χ1) is 12.7. The lowest BCUT2D eigenvalue weighted by molar-refractivity contribution is -0.947. The third-order valence-electron chi connectivity index (χ3n) is 6.68. The zero-order valence-corrected chi connectivity index (χ0v) is 18.4. The second-order valence-corrected chi connectivity index (χ2v) is 8.39. The van der Waals surface area contributed by atoms with Gasteiger partial charge in [-0.3, -0.25) is 4.79 Å². The summed E-state index contributed by atoms with van der Waals surface area (Å²) in [5.41, 5.74) is 1.06. The summed E-state index contributed by atoms with van der Waals surface area (Å²) in [5, 5.41) is 2.33. The summed E-state index contributed by atoms with van der Waals surface area (Å²) < 4.78 is 6.98. The topological polar surface area (TPSA) is 26.3 Å². The number of carbonyl (C=O) groups excluding carboxylic acids is 1. The fourth-order valence-electron chi connectivity index (χ4n) is 5.28. The number of benzene rings is 2. The highest BCUT2D eigenvalue weighted by atomic mass is 127. The lowest BCUT2D eigenvalue weighted by atomic mass is 9.82. The third-order valence-corrected chi connectivity index (χ3v) is 6.68. The van der Waals surface area contributed by atoms with Crippen molar-refractivity contribution in [2.24, 2.45) is 5.92 Å². The number of esters is 1. The average molecular weight is 479 g/mol. The van der Waals surface area contributed by atoms with Gasteiger partial charge in [-0.2, -0.15) is 0 Å². The summed E-state index contributed by atoms with van der Waals surface area (Å²) >= 11 is 0. The smallest absolute Gasteiger partial charge is 0.310 e. The van der Waals surface area contributed by atoms with E-state index in [0.29, 0.717) is 25.0 Å². The molecule has 4 rings (SSSR count). The van der Waals surface area contributed by atoms with Crippen LogP contribution in [-0.4, -0.2) is 43.2 Å². The molecule has 2 aromatic carbocycles. The molecule has 27 heavy (non-hydrogen) atoms. The minimum Gasteiger partial charge on any atom is -1.00 e. The van der Waals surface area contributed by atoms with E-state index in [4.69, 9.17) is 4.74 Å². The van der Waals surface area contributed by atoms with Crippen molar-refractivity contribution in [3.63, 3.8) is 0 Å². The first kappa shape index (κ1) is 20.6. The molecule has 2 saturated heterocycles. The molecule has 2 fully saturated rings. The van der Waals surface area contributed by atoms with Crippen LogP contribution in [0.1, 0.15) is 37.7 Å². The maximum absolute atomic E-state index is 12.5. The van der Waals surface area contributed by atoms with Crippen molar-refractivity contribution in [1.82, 2.24) is 0 Å². The van der Waals surface area contributed by atoms with E-state index in [2.05, 4.69) is 25.2 Å². The van der Waals surface area contributed by atoms with E-state index in [9.17, 15) is 4.79 Å². The minimum atomic E-state index is -0.0862. The van der Waals surface area contributed by atoms with Gasteiger partial charge in [-0.15, -0.1) is 0 Å². The molecule has 2 aliphatic heterocycles. The van der Waals surface area contributed by atoms with Crippen LogP contribution in [-0.2, 0) is 16.0 Å². The van der Waals surface area contributed by atoms with E-state index in [1.807, 2.05) is 24.3 Å². The number of hydrogen-bond acceptors (Lipinski definition) is 2. The molecule has 4 heteroatoms. The van der Waals surface area contributed by atoms with E-state index in [-0.39, 0.29) is 29.9 Å². The van der Waals surface area contributed by atoms with Crippen molar-refractivity contribution in [1.29, 1.82) is 0 Å². The van der Waals surface area contributed by atoms with Crippen LogP contribution in [0.3, 0.4) is 0 Å². The zero-order valence-electron chi connectivity index (χ0n) is 16.2. The first-order valence-corrected chi connectivity index (χ1v) is 10.1. The van der Waals surface area contributed by atoms with E-state index in [0.717, 1.165) is 10.9 Å². The highest BCUT2D eigenvalue weighted by molar-refractivity contribution is 5.88. The molecule has 0 bridgehead atoms. The van der Waals surface area contributed by atoms with Crippen LogP contribution in [0.15, 0.2) is 42.5 Å². The molecule has 0 aromatic heterocycles. The predicted octanol–water partition coefficient (Wildman–Crippen LogP) is 1.34. The van der Waals surface area contributed by atoms with Crippen LogP contribution in [0, 0.1) is 5.92 Å². The van der Waals surface area contributed by atoms with Gasteiger partial charge in [0.25, 0.3) is 0 Å². The molecule has 2 aromatic rings. The molecule has 2 heterocycles. The van der Waals surface area contributed by atoms with Crippen LogP contribution in [0.2, 0.25) is 0 Å². The highest BCUT2D eigenvalue weighted by Crippen LogP contribution is 2.36. The molecular formula is C23H30INO2. The SMILES string of the molecule is C[N+]12CCCC[C@H]1[C@@H](COC(=O)Cc1cccc3ccccc13)CCC2.[I-]. The molecule has 0 radical (unpaired) electrons. The Labute approximate surface area is 179 Å². The van der Waals surface area contributed by atoms with Gasteiger partial charge in [0.2, 0.25) is 0 Å². The summed E-state index contributed by atoms with van der Waals surface area (Å²) in [4.78, 5) is 12.5. The van der Waals surface area contributed by atoms with Gasteiger partial charge in [0.05, 0.1) is 39.2 Å². The number of hydrogen-bond donors (Lipinski definition) is 0. The van der Waals surface area contributed by atoms with Gasteiger partial charge in [-0.25, -0.2) is 0 Å². The highest BCUT2D eigenvalue weighted by Gasteiger charge is 2.43. The number of fused-ring (bicyclic) bond motifs is 2. The number of rotatable bonds is 4. The molecular weight excluding hydrogens is 449 g/mol. The summed E-state index contributed by atoms with van der Waals surface area (Å²) in [6.45, 7) is 3.19. The number of carbonyl (C=O) groups is 1. The standard InChI is InChI=1S/C23H30NO2.HI/c1-24-14-5-4-13-22(24)20(11-7-15-24)17-26-23(25)16-19-10-6-9-18-8-2-3-12-21(18)19;/h2-3,6,8-10,12,20,22H,4-5,7,11,13-17H2,1H3;1H/q+1;/p-1/t20-,22+,24?;/m1./s1. The zero-order chi connectivity index (χ0) is 18.0. The summed E-state index contributed by atoms with van der Waals surface area (Å²) in [5.74, 6) is 0.447. The van der Waals surface area contributed by atoms with Crippen molar-refractivity contribution < 1.29 is 38.0 Å². The van der Waals surface area contributed by atoms with Crippen molar-refractivity contribution in [3.05, 3.63) is 48.0 Å². The molecule has 3 atom stereocenters. The summed E-state index contributed by atoms with van der Waals surface area (Å²) in [6, 6.07) is 15.1. The monoisotopic (exact) mass is 479 g/mol. The van der Waals surface area contributed by atoms with E-state index in [1.54, 1.807) is 0 Å². The fourth-order valence-corrected chi connectivity index (χ4v) is 5.28. The van der Waals surface area contributed by atoms with Gasteiger partial charge in [0.1, 0.15) is 0 Å². The van der Waals surface area contributed by atoms with Crippen molar-refractivity contribution in [2.45, 2.75) is 44.6 Å². The molecule has 0 saturated carbocycles. The number of nitrogens with zero attached hydrogens (tertiary/aromatic N) is 1. The van der Waals surface area contributed by atoms with Crippen LogP contribution < -0.4 is 24.0 Å². The van der Waals surface area contributed by atoms with Crippen LogP contribution in [0.5, 0.6) is 0 Å². The predicted molar refractivity (Wildman–Crippen MR) is 105 cm³/mol. The van der Waals surface area contributed by atoms with Gasteiger partial charge in [-0.1, -0.05) is 42.5 Å². The summed E-state index contributed by atoms with van der Waals surface area (Å²) in [7, 11) is 2.41. The maximum atomic E-state index is 12.5. The normalized spacial score (nSPS) is 27.4. The van der Waals surface area contributed by atoms with Gasteiger partial charge < -0.3 is 33.2 Å². The van der Waals surface area contributed by atoms with Crippen molar-refractivity contribution in [2.75, 3.05) is 26.7 Å². The summed E-state index contributed by atoms with van der Waals surface area (Å²) in [6.07, 6.45) is 6.81. The lowest BCUT2D eigenvalue weighted by Gasteiger charge is -2.51. The first-order valence-electron chi connectivity index (χ1n) is 10.1. The Morgan fingerprint density at radius 1 is 1.04 bits per heavy atom. The lowest BCUT2D eigenvalue weighted by Crippen LogP contribution is -3.00. The Kier molecular flexibility index (Phi) is 6.79. The largest absolute Gasteiger partial charge is 1.00 e. The van der Waals surface area contributed by atoms with Gasteiger partial charge in [-0.05, 0) is 42.0 Å². The third kappa shape index (κ3) is 4.48. The fraction of sp³-hybridized carbons (Fsp3) is 0.522. The Balaban J connectivity index is 0.00000210. The number of piperidine rings is 2. The molecule has 2 aliphatic rings. The second-order valence-electron chi connectivity index (χ2n) is 8.39. The molecule has 0 amide bonds. The minimum absolute atomic E-state index is 0. The maximum Gasteiger partial charge on any atom is 0.310 e. The molecule has 0 aliphatic carbocycles. The van der Waals surface area contributed by atoms with Gasteiger partial charge >= 0.3 is 5.97 Å². The van der Waals surface area contributed by atoms with Gasteiger partial charge in [0.15, 0.2) is 0 Å². The van der Waals surface area contributed by atoms with Crippen molar-refractivity contribution >= 4 is 16.7 Å². The van der Waals surface area contributed by atoms with Crippen LogP contribution in [0.4, 0.5) is 0 Å². The quantitative estimate of drug-likeness (QED) is 0.376. The van der Waals surface area contributed by atoms with Crippen molar-refractivity contribution in [3.8, 4) is 0 Å². The molecule has 3 nitrogen and oxygen atoms in total. The molecule has 0 spiro atoms. The van der Waals surface area contributed by atoms with Crippen LogP contribution >= 0.6 is 0 Å². The average Bonchev–Trinajstić information content (AvgIpc) is 2.66. The Bertz CT molecular complexity index is 784. The molecule has 0 N–H and O–H groups in total. The second kappa shape index (κ2) is 8.91. The Morgan fingerprint density at radius 2 is 1.81 bits per heavy atom. The molecule has 146 valence electrons. The number of quaternary nitrogens is 1. The Morgan fingerprint density at radius 3 is 2.70 bits per heavy atom. The van der Waals surface area contributed by atoms with E-state index < -0.39 is 0 Å². The van der Waals surface area contributed by atoms with E-state index >= 15 is 0 Å².